The van der Waals surface area contributed by atoms with Crippen molar-refractivity contribution in [2.75, 3.05) is 18.4 Å². The van der Waals surface area contributed by atoms with Gasteiger partial charge in [-0.2, -0.15) is 10.1 Å². The van der Waals surface area contributed by atoms with E-state index >= 15 is 0 Å². The standard InChI is InChI=1S/C18H16F4N8O2/c19-17(20,5-12-24-9-25-27-12)7-23-16-26-13(28-29-16)6-18(21,22)8-30-14(31)10-3-1-2-4-11(10)15(30)32/h1-4,9H,5-8H2,(H,24,25,27)(H2,23,26,28,29). The fourth-order valence-electron chi connectivity index (χ4n) is 3.20. The Morgan fingerprint density at radius 2 is 1.59 bits per heavy atom. The van der Waals surface area contributed by atoms with Crippen LogP contribution in [0.3, 0.4) is 0 Å². The lowest BCUT2D eigenvalue weighted by molar-refractivity contribution is -0.0234. The van der Waals surface area contributed by atoms with E-state index in [1.54, 1.807) is 0 Å². The second-order valence-electron chi connectivity index (χ2n) is 7.20. The molecule has 168 valence electrons. The molecule has 1 aromatic carbocycles. The molecule has 3 aromatic rings. The summed E-state index contributed by atoms with van der Waals surface area (Å²) in [6.07, 6.45) is -0.596. The third-order valence-corrected chi connectivity index (χ3v) is 4.62. The maximum Gasteiger partial charge on any atom is 0.272 e. The number of hydrogen-bond donors (Lipinski definition) is 3. The summed E-state index contributed by atoms with van der Waals surface area (Å²) in [5.74, 6) is -8.98. The summed E-state index contributed by atoms with van der Waals surface area (Å²) in [5.41, 5.74) is 0.122. The summed E-state index contributed by atoms with van der Waals surface area (Å²) >= 11 is 0. The second-order valence-corrected chi connectivity index (χ2v) is 7.20. The van der Waals surface area contributed by atoms with Crippen LogP contribution >= 0.6 is 0 Å². The van der Waals surface area contributed by atoms with Crippen LogP contribution in [0.2, 0.25) is 0 Å². The van der Waals surface area contributed by atoms with Gasteiger partial charge in [-0.15, -0.1) is 5.10 Å². The number of aromatic amines is 2. The second kappa shape index (κ2) is 8.01. The molecule has 0 bridgehead atoms. The van der Waals surface area contributed by atoms with E-state index < -0.39 is 49.6 Å². The van der Waals surface area contributed by atoms with Crippen molar-refractivity contribution in [2.45, 2.75) is 24.7 Å². The molecule has 4 rings (SSSR count). The fraction of sp³-hybridized carbons (Fsp3) is 0.333. The van der Waals surface area contributed by atoms with Gasteiger partial charge in [-0.3, -0.25) is 24.7 Å². The van der Waals surface area contributed by atoms with Gasteiger partial charge in [-0.1, -0.05) is 12.1 Å². The Morgan fingerprint density at radius 1 is 0.938 bits per heavy atom. The lowest BCUT2D eigenvalue weighted by Crippen LogP contribution is -2.41. The minimum absolute atomic E-state index is 0.0136. The number of imide groups is 1. The average molecular weight is 452 g/mol. The highest BCUT2D eigenvalue weighted by Crippen LogP contribution is 2.28. The van der Waals surface area contributed by atoms with Crippen LogP contribution in [0.15, 0.2) is 30.6 Å². The molecular formula is C18H16F4N8O2. The Kier molecular flexibility index (Phi) is 5.36. The van der Waals surface area contributed by atoms with Gasteiger partial charge in [0.05, 0.1) is 37.1 Å². The van der Waals surface area contributed by atoms with Gasteiger partial charge >= 0.3 is 0 Å². The Morgan fingerprint density at radius 3 is 2.22 bits per heavy atom. The number of carbonyl (C=O) groups is 2. The molecule has 3 heterocycles. The SMILES string of the molecule is O=C1c2ccccc2C(=O)N1CC(F)(F)Cc1nc(NCC(F)(F)Cc2ncn[nH]2)n[nH]1. The van der Waals surface area contributed by atoms with Crippen LogP contribution in [0.5, 0.6) is 0 Å². The lowest BCUT2D eigenvalue weighted by atomic mass is 10.1. The molecular weight excluding hydrogens is 436 g/mol. The predicted molar refractivity (Wildman–Crippen MR) is 100 cm³/mol. The largest absolute Gasteiger partial charge is 0.347 e. The lowest BCUT2D eigenvalue weighted by Gasteiger charge is -2.21. The zero-order valence-electron chi connectivity index (χ0n) is 16.3. The number of rotatable bonds is 9. The average Bonchev–Trinajstić information content (AvgIpc) is 3.45. The first kappa shape index (κ1) is 21.4. The normalized spacial score (nSPS) is 14.2. The number of carbonyl (C=O) groups excluding carboxylic acids is 2. The highest BCUT2D eigenvalue weighted by molar-refractivity contribution is 6.21. The van der Waals surface area contributed by atoms with E-state index in [-0.39, 0.29) is 28.7 Å². The van der Waals surface area contributed by atoms with Gasteiger partial charge < -0.3 is 5.32 Å². The van der Waals surface area contributed by atoms with Gasteiger partial charge in [0.1, 0.15) is 18.0 Å². The highest BCUT2D eigenvalue weighted by Gasteiger charge is 2.43. The third-order valence-electron chi connectivity index (χ3n) is 4.62. The van der Waals surface area contributed by atoms with Crippen LogP contribution in [-0.2, 0) is 12.8 Å². The van der Waals surface area contributed by atoms with E-state index in [4.69, 9.17) is 0 Å². The monoisotopic (exact) mass is 452 g/mol. The number of H-pyrrole nitrogens is 2. The molecule has 14 heteroatoms. The molecule has 0 saturated carbocycles. The number of alkyl halides is 4. The van der Waals surface area contributed by atoms with Crippen LogP contribution in [0.1, 0.15) is 32.4 Å². The third kappa shape index (κ3) is 4.58. The van der Waals surface area contributed by atoms with Crippen LogP contribution in [0, 0.1) is 0 Å². The number of anilines is 1. The molecule has 0 saturated heterocycles. The Hall–Kier alpha value is -3.84. The molecule has 1 aliphatic rings. The molecule has 0 unspecified atom stereocenters. The number of amides is 2. The van der Waals surface area contributed by atoms with Crippen LogP contribution in [0.25, 0.3) is 0 Å². The molecule has 1 aliphatic heterocycles. The molecule has 32 heavy (non-hydrogen) atoms. The first-order valence-corrected chi connectivity index (χ1v) is 9.34. The number of nitrogens with zero attached hydrogens (tertiary/aromatic N) is 5. The zero-order valence-corrected chi connectivity index (χ0v) is 16.3. The minimum Gasteiger partial charge on any atom is -0.347 e. The first-order valence-electron chi connectivity index (χ1n) is 9.34. The van der Waals surface area contributed by atoms with Crippen molar-refractivity contribution in [2.24, 2.45) is 0 Å². The number of benzene rings is 1. The Labute approximate surface area is 177 Å². The summed E-state index contributed by atoms with van der Waals surface area (Å²) < 4.78 is 57.0. The number of fused-ring (bicyclic) bond motifs is 1. The topological polar surface area (TPSA) is 133 Å². The zero-order chi connectivity index (χ0) is 22.9. The van der Waals surface area contributed by atoms with E-state index in [1.807, 2.05) is 0 Å². The molecule has 0 radical (unpaired) electrons. The van der Waals surface area contributed by atoms with Crippen molar-refractivity contribution in [3.63, 3.8) is 0 Å². The van der Waals surface area contributed by atoms with E-state index in [0.29, 0.717) is 4.90 Å². The van der Waals surface area contributed by atoms with Crippen molar-refractivity contribution in [1.82, 2.24) is 35.3 Å². The quantitative estimate of drug-likeness (QED) is 0.332. The van der Waals surface area contributed by atoms with Crippen molar-refractivity contribution in [1.29, 1.82) is 0 Å². The van der Waals surface area contributed by atoms with Crippen molar-refractivity contribution >= 4 is 17.8 Å². The maximum atomic E-state index is 14.5. The van der Waals surface area contributed by atoms with E-state index in [0.717, 1.165) is 6.33 Å². The van der Waals surface area contributed by atoms with Crippen molar-refractivity contribution < 1.29 is 27.2 Å². The summed E-state index contributed by atoms with van der Waals surface area (Å²) in [7, 11) is 0. The molecule has 0 fully saturated rings. The Bertz CT molecular complexity index is 1100. The number of nitrogens with one attached hydrogen (secondary N) is 3. The van der Waals surface area contributed by atoms with Crippen molar-refractivity contribution in [3.05, 3.63) is 53.4 Å². The highest BCUT2D eigenvalue weighted by atomic mass is 19.3. The van der Waals surface area contributed by atoms with Crippen molar-refractivity contribution in [3.8, 4) is 0 Å². The molecule has 0 aliphatic carbocycles. The summed E-state index contributed by atoms with van der Waals surface area (Å²) in [6, 6.07) is 5.84. The van der Waals surface area contributed by atoms with Gasteiger partial charge in [0.2, 0.25) is 5.95 Å². The molecule has 0 atom stereocenters. The van der Waals surface area contributed by atoms with Gasteiger partial charge in [-0.05, 0) is 12.1 Å². The number of halogens is 4. The van der Waals surface area contributed by atoms with Gasteiger partial charge in [0, 0.05) is 0 Å². The molecule has 2 amide bonds. The Balaban J connectivity index is 1.34. The summed E-state index contributed by atoms with van der Waals surface area (Å²) in [5, 5.41) is 13.9. The smallest absolute Gasteiger partial charge is 0.272 e. The number of hydrogen-bond acceptors (Lipinski definition) is 7. The number of aromatic nitrogens is 6. The van der Waals surface area contributed by atoms with E-state index in [9.17, 15) is 27.2 Å². The predicted octanol–water partition coefficient (Wildman–Crippen LogP) is 1.69. The molecule has 2 aromatic heterocycles. The van der Waals surface area contributed by atoms with Crippen LogP contribution in [-0.4, -0.2) is 72.0 Å². The van der Waals surface area contributed by atoms with Gasteiger partial charge in [0.15, 0.2) is 0 Å². The van der Waals surface area contributed by atoms with Crippen LogP contribution < -0.4 is 5.32 Å². The first-order chi connectivity index (χ1) is 15.1. The maximum absolute atomic E-state index is 14.5. The van der Waals surface area contributed by atoms with E-state index in [2.05, 4.69) is 35.7 Å². The van der Waals surface area contributed by atoms with Gasteiger partial charge in [0.25, 0.3) is 23.7 Å². The minimum atomic E-state index is -3.53. The fourth-order valence-corrected chi connectivity index (χ4v) is 3.20. The van der Waals surface area contributed by atoms with Gasteiger partial charge in [-0.25, -0.2) is 22.5 Å². The molecule has 10 nitrogen and oxygen atoms in total. The van der Waals surface area contributed by atoms with E-state index in [1.165, 1.54) is 24.3 Å². The van der Waals surface area contributed by atoms with Crippen LogP contribution in [0.4, 0.5) is 23.5 Å². The summed E-state index contributed by atoms with van der Waals surface area (Å²) in [6.45, 7) is -2.02. The summed E-state index contributed by atoms with van der Waals surface area (Å²) in [4.78, 5) is 32.4. The molecule has 0 spiro atoms. The molecule has 3 N–H and O–H groups in total.